The van der Waals surface area contributed by atoms with E-state index >= 15 is 0 Å². The second-order valence-corrected chi connectivity index (χ2v) is 7.31. The Labute approximate surface area is 176 Å². The van der Waals surface area contributed by atoms with Crippen LogP contribution in [-0.2, 0) is 4.79 Å². The summed E-state index contributed by atoms with van der Waals surface area (Å²) in [7, 11) is 0. The van der Waals surface area contributed by atoms with Crippen LogP contribution in [0.25, 0.3) is 0 Å². The lowest BCUT2D eigenvalue weighted by Gasteiger charge is -2.35. The fourth-order valence-corrected chi connectivity index (χ4v) is 2.93. The quantitative estimate of drug-likeness (QED) is 0.425. The molecule has 0 aliphatic carbocycles. The summed E-state index contributed by atoms with van der Waals surface area (Å²) in [6, 6.07) is 11.2. The minimum atomic E-state index is -0.236. The summed E-state index contributed by atoms with van der Waals surface area (Å²) in [5.74, 6) is 6.96. The third kappa shape index (κ3) is 5.76. The number of nitrogens with two attached hydrogens (primary N) is 1. The molecule has 9 heteroatoms. The Morgan fingerprint density at radius 2 is 1.93 bits per heavy atom. The van der Waals surface area contributed by atoms with E-state index in [2.05, 4.69) is 38.8 Å². The summed E-state index contributed by atoms with van der Waals surface area (Å²) in [4.78, 5) is 29.3. The molecule has 0 atom stereocenters. The number of carbonyl (C=O) groups excluding carboxylic acids is 1. The molecule has 0 radical (unpaired) electrons. The van der Waals surface area contributed by atoms with Crippen molar-refractivity contribution in [1.29, 1.82) is 0 Å². The first-order valence-electron chi connectivity index (χ1n) is 9.93. The highest BCUT2D eigenvalue weighted by atomic mass is 16.5. The largest absolute Gasteiger partial charge is 0.477 e. The SMILES string of the molecule is CC(C)COc1cc(N2CCN(C(=O)C(C=Nc3ccccc3)=NN)CC2)ncn1. The fourth-order valence-electron chi connectivity index (χ4n) is 2.93. The molecule has 1 saturated heterocycles. The molecule has 1 aromatic carbocycles. The maximum atomic E-state index is 12.8. The Kier molecular flexibility index (Phi) is 7.31. The van der Waals surface area contributed by atoms with Gasteiger partial charge in [0.2, 0.25) is 5.88 Å². The Hall–Kier alpha value is -3.49. The number of ether oxygens (including phenoxy) is 1. The molecule has 2 heterocycles. The van der Waals surface area contributed by atoms with Crippen molar-refractivity contribution >= 4 is 29.3 Å². The third-order valence-corrected chi connectivity index (χ3v) is 4.53. The summed E-state index contributed by atoms with van der Waals surface area (Å²) in [5.41, 5.74) is 0.856. The summed E-state index contributed by atoms with van der Waals surface area (Å²) in [5, 5.41) is 3.63. The first-order valence-corrected chi connectivity index (χ1v) is 9.93. The highest BCUT2D eigenvalue weighted by molar-refractivity contribution is 6.60. The fraction of sp³-hybridized carbons (Fsp3) is 0.381. The van der Waals surface area contributed by atoms with E-state index in [-0.39, 0.29) is 11.6 Å². The van der Waals surface area contributed by atoms with Gasteiger partial charge in [0.15, 0.2) is 5.71 Å². The number of benzene rings is 1. The van der Waals surface area contributed by atoms with Crippen molar-refractivity contribution in [2.75, 3.05) is 37.7 Å². The van der Waals surface area contributed by atoms with E-state index in [9.17, 15) is 4.79 Å². The molecule has 0 bridgehead atoms. The normalized spacial score (nSPS) is 15.1. The van der Waals surface area contributed by atoms with Crippen molar-refractivity contribution in [2.24, 2.45) is 21.9 Å². The lowest BCUT2D eigenvalue weighted by molar-refractivity contribution is -0.124. The zero-order valence-electron chi connectivity index (χ0n) is 17.3. The lowest BCUT2D eigenvalue weighted by atomic mass is 10.2. The number of rotatable bonds is 7. The van der Waals surface area contributed by atoms with Gasteiger partial charge in [0.05, 0.1) is 18.5 Å². The number of aliphatic imine (C=N–C) groups is 1. The van der Waals surface area contributed by atoms with E-state index in [0.29, 0.717) is 44.6 Å². The Balaban J connectivity index is 1.57. The predicted octanol–water partition coefficient (Wildman–Crippen LogP) is 1.88. The van der Waals surface area contributed by atoms with Gasteiger partial charge >= 0.3 is 0 Å². The first-order chi connectivity index (χ1) is 14.6. The number of carbonyl (C=O) groups is 1. The van der Waals surface area contributed by atoms with Gasteiger partial charge in [-0.15, -0.1) is 0 Å². The van der Waals surface area contributed by atoms with Gasteiger partial charge in [-0.05, 0) is 18.1 Å². The summed E-state index contributed by atoms with van der Waals surface area (Å²) in [6.07, 6.45) is 2.91. The molecule has 30 heavy (non-hydrogen) atoms. The van der Waals surface area contributed by atoms with Crippen LogP contribution in [-0.4, -0.2) is 65.5 Å². The second kappa shape index (κ2) is 10.3. The molecule has 1 aromatic heterocycles. The van der Waals surface area contributed by atoms with E-state index < -0.39 is 0 Å². The number of amides is 1. The summed E-state index contributed by atoms with van der Waals surface area (Å²) < 4.78 is 5.68. The topological polar surface area (TPSA) is 109 Å². The number of nitrogens with zero attached hydrogens (tertiary/aromatic N) is 6. The van der Waals surface area contributed by atoms with Crippen molar-refractivity contribution in [3.8, 4) is 5.88 Å². The van der Waals surface area contributed by atoms with Gasteiger partial charge in [0, 0.05) is 32.2 Å². The molecule has 1 fully saturated rings. The van der Waals surface area contributed by atoms with Crippen LogP contribution in [0.4, 0.5) is 11.5 Å². The second-order valence-electron chi connectivity index (χ2n) is 7.31. The van der Waals surface area contributed by atoms with E-state index in [1.54, 1.807) is 4.90 Å². The molecule has 1 aliphatic rings. The zero-order valence-corrected chi connectivity index (χ0v) is 17.3. The maximum Gasteiger partial charge on any atom is 0.275 e. The molecule has 1 aliphatic heterocycles. The molecule has 2 aromatic rings. The number of hydrazone groups is 1. The lowest BCUT2D eigenvalue weighted by Crippen LogP contribution is -2.51. The van der Waals surface area contributed by atoms with Gasteiger partial charge in [0.25, 0.3) is 5.91 Å². The van der Waals surface area contributed by atoms with Crippen molar-refractivity contribution in [1.82, 2.24) is 14.9 Å². The summed E-state index contributed by atoms with van der Waals surface area (Å²) in [6.45, 7) is 7.11. The number of hydrogen-bond acceptors (Lipinski definition) is 8. The molecular weight excluding hydrogens is 382 g/mol. The molecule has 2 N–H and O–H groups in total. The minimum absolute atomic E-state index is 0.124. The number of piperazine rings is 1. The van der Waals surface area contributed by atoms with Crippen LogP contribution >= 0.6 is 0 Å². The van der Waals surface area contributed by atoms with E-state index in [1.807, 2.05) is 36.4 Å². The van der Waals surface area contributed by atoms with Gasteiger partial charge in [-0.25, -0.2) is 9.97 Å². The number of aromatic nitrogens is 2. The van der Waals surface area contributed by atoms with Crippen LogP contribution in [0, 0.1) is 5.92 Å². The van der Waals surface area contributed by atoms with Crippen molar-refractivity contribution in [2.45, 2.75) is 13.8 Å². The number of anilines is 1. The van der Waals surface area contributed by atoms with Gasteiger partial charge in [-0.2, -0.15) is 5.10 Å². The first kappa shape index (κ1) is 21.2. The standard InChI is InChI=1S/C21H27N7O2/c1-16(2)14-30-20-12-19(24-15-25-20)27-8-10-28(11-9-27)21(29)18(26-22)13-23-17-6-4-3-5-7-17/h3-7,12-13,15-16H,8-11,14,22H2,1-2H3. The van der Waals surface area contributed by atoms with Crippen molar-refractivity contribution in [3.05, 3.63) is 42.7 Å². The molecule has 3 rings (SSSR count). The van der Waals surface area contributed by atoms with Gasteiger partial charge < -0.3 is 20.4 Å². The molecule has 1 amide bonds. The van der Waals surface area contributed by atoms with Crippen LogP contribution in [0.15, 0.2) is 52.8 Å². The molecule has 0 unspecified atom stereocenters. The highest BCUT2D eigenvalue weighted by Gasteiger charge is 2.25. The van der Waals surface area contributed by atoms with Gasteiger partial charge in [0.1, 0.15) is 12.1 Å². The van der Waals surface area contributed by atoms with E-state index in [4.69, 9.17) is 10.6 Å². The Morgan fingerprint density at radius 3 is 2.60 bits per heavy atom. The Morgan fingerprint density at radius 1 is 1.20 bits per heavy atom. The van der Waals surface area contributed by atoms with Gasteiger partial charge in [-0.1, -0.05) is 32.0 Å². The monoisotopic (exact) mass is 409 g/mol. The average molecular weight is 409 g/mol. The van der Waals surface area contributed by atoms with Crippen LogP contribution in [0.3, 0.4) is 0 Å². The molecule has 0 saturated carbocycles. The number of para-hydroxylation sites is 1. The van der Waals surface area contributed by atoms with E-state index in [1.165, 1.54) is 12.5 Å². The predicted molar refractivity (Wildman–Crippen MR) is 117 cm³/mol. The van der Waals surface area contributed by atoms with Crippen LogP contribution in [0.1, 0.15) is 13.8 Å². The van der Waals surface area contributed by atoms with Gasteiger partial charge in [-0.3, -0.25) is 9.79 Å². The summed E-state index contributed by atoms with van der Waals surface area (Å²) >= 11 is 0. The molecule has 9 nitrogen and oxygen atoms in total. The molecular formula is C21H27N7O2. The maximum absolute atomic E-state index is 12.8. The van der Waals surface area contributed by atoms with Crippen LogP contribution in [0.5, 0.6) is 5.88 Å². The van der Waals surface area contributed by atoms with E-state index in [0.717, 1.165) is 11.5 Å². The smallest absolute Gasteiger partial charge is 0.275 e. The Bertz CT molecular complexity index is 891. The minimum Gasteiger partial charge on any atom is -0.477 e. The zero-order chi connectivity index (χ0) is 21.3. The molecule has 158 valence electrons. The highest BCUT2D eigenvalue weighted by Crippen LogP contribution is 2.18. The van der Waals surface area contributed by atoms with Crippen molar-refractivity contribution in [3.63, 3.8) is 0 Å². The van der Waals surface area contributed by atoms with Crippen molar-refractivity contribution < 1.29 is 9.53 Å². The van der Waals surface area contributed by atoms with Crippen LogP contribution < -0.4 is 15.5 Å². The van der Waals surface area contributed by atoms with Crippen LogP contribution in [0.2, 0.25) is 0 Å². The average Bonchev–Trinajstić information content (AvgIpc) is 2.79. The number of hydrogen-bond donors (Lipinski definition) is 1. The molecule has 0 spiro atoms. The third-order valence-electron chi connectivity index (χ3n) is 4.53.